The zero-order valence-corrected chi connectivity index (χ0v) is 8.08. The molecule has 0 atom stereocenters. The normalized spacial score (nSPS) is 11.1. The van der Waals surface area contributed by atoms with Gasteiger partial charge in [-0.25, -0.2) is 8.42 Å². The molecule has 0 fully saturated rings. The van der Waals surface area contributed by atoms with Crippen LogP contribution in [0.25, 0.3) is 0 Å². The van der Waals surface area contributed by atoms with E-state index in [0.29, 0.717) is 4.90 Å². The van der Waals surface area contributed by atoms with Gasteiger partial charge in [0.2, 0.25) is 0 Å². The molecule has 0 bridgehead atoms. The van der Waals surface area contributed by atoms with Crippen LogP contribution >= 0.6 is 12.2 Å². The van der Waals surface area contributed by atoms with Gasteiger partial charge in [0.15, 0.2) is 9.84 Å². The Morgan fingerprint density at radius 1 is 1.25 bits per heavy atom. The minimum absolute atomic E-state index is 0.302. The molecule has 0 spiro atoms. The third-order valence-electron chi connectivity index (χ3n) is 1.40. The molecule has 1 aromatic rings. The monoisotopic (exact) mass is 199 g/mol. The summed E-state index contributed by atoms with van der Waals surface area (Å²) in [4.78, 5) is 0.302. The highest BCUT2D eigenvalue weighted by Crippen LogP contribution is 2.08. The molecular weight excluding hydrogens is 192 g/mol. The summed E-state index contributed by atoms with van der Waals surface area (Å²) < 4.78 is 22.0. The third kappa shape index (κ3) is 2.12. The summed E-state index contributed by atoms with van der Waals surface area (Å²) in [6.45, 7) is 0. The van der Waals surface area contributed by atoms with Gasteiger partial charge in [0.25, 0.3) is 0 Å². The standard InChI is InChI=1S/C8H7O2S2/c1-12(9,10)8-4-2-7(6-11)3-5-8/h2-5H,1H3. The van der Waals surface area contributed by atoms with Gasteiger partial charge in [0, 0.05) is 6.26 Å². The van der Waals surface area contributed by atoms with Gasteiger partial charge in [-0.05, 0) is 17.7 Å². The largest absolute Gasteiger partial charge is 0.224 e. The molecule has 4 heteroatoms. The Morgan fingerprint density at radius 2 is 1.75 bits per heavy atom. The average molecular weight is 199 g/mol. The number of benzene rings is 1. The minimum Gasteiger partial charge on any atom is -0.224 e. The zero-order chi connectivity index (χ0) is 9.19. The fraction of sp³-hybridized carbons (Fsp3) is 0.125. The molecule has 0 saturated carbocycles. The van der Waals surface area contributed by atoms with Crippen LogP contribution in [-0.2, 0) is 9.84 Å². The SMILES string of the molecule is CS(=O)(=O)c1ccc([C]=S)cc1. The van der Waals surface area contributed by atoms with Crippen LogP contribution in [0.4, 0.5) is 0 Å². The van der Waals surface area contributed by atoms with Gasteiger partial charge in [-0.15, -0.1) is 0 Å². The van der Waals surface area contributed by atoms with Crippen molar-refractivity contribution in [3.05, 3.63) is 29.8 Å². The molecule has 12 heavy (non-hydrogen) atoms. The van der Waals surface area contributed by atoms with E-state index in [9.17, 15) is 8.42 Å². The van der Waals surface area contributed by atoms with Crippen LogP contribution < -0.4 is 0 Å². The maximum atomic E-state index is 11.0. The van der Waals surface area contributed by atoms with E-state index >= 15 is 0 Å². The summed E-state index contributed by atoms with van der Waals surface area (Å²) in [5.74, 6) is 0. The molecule has 0 N–H and O–H groups in total. The molecular formula is C8H7O2S2. The molecule has 0 heterocycles. The van der Waals surface area contributed by atoms with Gasteiger partial charge in [-0.1, -0.05) is 24.4 Å². The van der Waals surface area contributed by atoms with Crippen molar-refractivity contribution in [3.8, 4) is 0 Å². The third-order valence-corrected chi connectivity index (χ3v) is 2.76. The van der Waals surface area contributed by atoms with Gasteiger partial charge in [-0.2, -0.15) is 0 Å². The Bertz CT molecular complexity index is 376. The Balaban J connectivity index is 3.17. The Labute approximate surface area is 77.1 Å². The van der Waals surface area contributed by atoms with Crippen LogP contribution in [0.3, 0.4) is 0 Å². The van der Waals surface area contributed by atoms with E-state index in [1.807, 2.05) is 0 Å². The summed E-state index contributed by atoms with van der Waals surface area (Å²) in [5, 5.41) is 2.49. The van der Waals surface area contributed by atoms with Gasteiger partial charge in [0.1, 0.15) is 0 Å². The van der Waals surface area contributed by atoms with Crippen LogP contribution in [0.2, 0.25) is 0 Å². The molecule has 1 aromatic carbocycles. The molecule has 0 unspecified atom stereocenters. The van der Waals surface area contributed by atoms with Crippen molar-refractivity contribution < 1.29 is 8.42 Å². The van der Waals surface area contributed by atoms with Crippen molar-refractivity contribution in [2.24, 2.45) is 0 Å². The van der Waals surface area contributed by atoms with E-state index in [2.05, 4.69) is 17.6 Å². The summed E-state index contributed by atoms with van der Waals surface area (Å²) in [6, 6.07) is 6.29. The van der Waals surface area contributed by atoms with Crippen molar-refractivity contribution in [2.45, 2.75) is 4.90 Å². The van der Waals surface area contributed by atoms with Crippen molar-refractivity contribution in [3.63, 3.8) is 0 Å². The fourth-order valence-electron chi connectivity index (χ4n) is 0.770. The van der Waals surface area contributed by atoms with Gasteiger partial charge in [-0.3, -0.25) is 0 Å². The second-order valence-corrected chi connectivity index (χ2v) is 4.62. The molecule has 0 saturated heterocycles. The molecule has 1 rings (SSSR count). The molecule has 63 valence electrons. The van der Waals surface area contributed by atoms with Crippen LogP contribution in [-0.4, -0.2) is 20.0 Å². The summed E-state index contributed by atoms with van der Waals surface area (Å²) in [7, 11) is -3.09. The predicted molar refractivity (Wildman–Crippen MR) is 51.3 cm³/mol. The van der Waals surface area contributed by atoms with E-state index in [4.69, 9.17) is 0 Å². The van der Waals surface area contributed by atoms with Crippen LogP contribution in [0.1, 0.15) is 5.56 Å². The van der Waals surface area contributed by atoms with Gasteiger partial charge in [0.05, 0.1) is 10.3 Å². The first-order valence-electron chi connectivity index (χ1n) is 3.22. The molecule has 1 radical (unpaired) electrons. The van der Waals surface area contributed by atoms with Crippen LogP contribution in [0, 0.1) is 0 Å². The molecule has 2 nitrogen and oxygen atoms in total. The molecule has 0 aliphatic rings. The highest BCUT2D eigenvalue weighted by molar-refractivity contribution is 7.90. The molecule has 0 aliphatic carbocycles. The van der Waals surface area contributed by atoms with E-state index < -0.39 is 9.84 Å². The van der Waals surface area contributed by atoms with E-state index in [1.165, 1.54) is 18.4 Å². The Hall–Kier alpha value is -0.740. The van der Waals surface area contributed by atoms with Crippen molar-refractivity contribution >= 4 is 27.4 Å². The predicted octanol–water partition coefficient (Wildman–Crippen LogP) is 1.31. The Kier molecular flexibility index (Phi) is 2.59. The zero-order valence-electron chi connectivity index (χ0n) is 6.44. The molecule has 0 amide bonds. The van der Waals surface area contributed by atoms with E-state index in [0.717, 1.165) is 5.56 Å². The highest BCUT2D eigenvalue weighted by atomic mass is 32.2. The van der Waals surface area contributed by atoms with Gasteiger partial charge >= 0.3 is 0 Å². The second-order valence-electron chi connectivity index (χ2n) is 2.40. The molecule has 0 aliphatic heterocycles. The molecule has 0 aromatic heterocycles. The number of sulfone groups is 1. The van der Waals surface area contributed by atoms with E-state index in [1.54, 1.807) is 12.1 Å². The second kappa shape index (κ2) is 3.33. The summed E-state index contributed by atoms with van der Waals surface area (Å²) >= 11 is 4.56. The summed E-state index contributed by atoms with van der Waals surface area (Å²) in [5.41, 5.74) is 0.720. The first kappa shape index (κ1) is 9.35. The minimum atomic E-state index is -3.09. The van der Waals surface area contributed by atoms with Crippen molar-refractivity contribution in [1.29, 1.82) is 0 Å². The van der Waals surface area contributed by atoms with Crippen molar-refractivity contribution in [2.75, 3.05) is 6.26 Å². The lowest BCUT2D eigenvalue weighted by Gasteiger charge is -1.96. The quantitative estimate of drug-likeness (QED) is 0.674. The first-order chi connectivity index (χ1) is 5.54. The fourth-order valence-corrected chi connectivity index (χ4v) is 1.54. The number of thiocarbonyl (C=S) groups is 1. The number of rotatable bonds is 2. The lowest BCUT2D eigenvalue weighted by molar-refractivity contribution is 0.602. The Morgan fingerprint density at radius 3 is 2.08 bits per heavy atom. The smallest absolute Gasteiger partial charge is 0.175 e. The maximum absolute atomic E-state index is 11.0. The lowest BCUT2D eigenvalue weighted by atomic mass is 10.2. The van der Waals surface area contributed by atoms with Crippen LogP contribution in [0.15, 0.2) is 29.2 Å². The highest BCUT2D eigenvalue weighted by Gasteiger charge is 2.04. The topological polar surface area (TPSA) is 34.1 Å². The number of hydrogen-bond acceptors (Lipinski definition) is 3. The number of hydrogen-bond donors (Lipinski definition) is 0. The summed E-state index contributed by atoms with van der Waals surface area (Å²) in [6.07, 6.45) is 1.17. The van der Waals surface area contributed by atoms with E-state index in [-0.39, 0.29) is 0 Å². The van der Waals surface area contributed by atoms with Crippen molar-refractivity contribution in [1.82, 2.24) is 0 Å². The first-order valence-corrected chi connectivity index (χ1v) is 5.52. The maximum Gasteiger partial charge on any atom is 0.175 e. The van der Waals surface area contributed by atoms with Gasteiger partial charge < -0.3 is 0 Å². The van der Waals surface area contributed by atoms with Crippen LogP contribution in [0.5, 0.6) is 0 Å². The average Bonchev–Trinajstić information content (AvgIpc) is 2.03. The lowest BCUT2D eigenvalue weighted by Crippen LogP contribution is -1.96.